The molecule has 1 atom stereocenters. The van der Waals surface area contributed by atoms with Crippen molar-refractivity contribution in [2.75, 3.05) is 0 Å². The first-order valence-corrected chi connectivity index (χ1v) is 7.17. The van der Waals surface area contributed by atoms with Gasteiger partial charge in [0.2, 0.25) is 0 Å². The van der Waals surface area contributed by atoms with E-state index >= 15 is 0 Å². The van der Waals surface area contributed by atoms with Gasteiger partial charge in [0.05, 0.1) is 12.0 Å². The first-order valence-electron chi connectivity index (χ1n) is 7.17. The summed E-state index contributed by atoms with van der Waals surface area (Å²) in [6.07, 6.45) is -2.84. The molecular weight excluding hydrogens is 265 g/mol. The number of aliphatic hydroxyl groups is 1. The van der Waals surface area contributed by atoms with Gasteiger partial charge in [-0.2, -0.15) is 13.2 Å². The van der Waals surface area contributed by atoms with Gasteiger partial charge in [-0.05, 0) is 56.1 Å². The summed E-state index contributed by atoms with van der Waals surface area (Å²) in [6.45, 7) is 1.99. The second-order valence-corrected chi connectivity index (χ2v) is 5.85. The standard InChI is InChI=1S/C16H21F3O/c1-11-4-2-3-5-13(11)10-15(20)12-6-8-14(9-7-12)16(17,18)19/h2-5,12,14-15,20H,6-10H2,1H3. The first-order chi connectivity index (χ1) is 9.38. The van der Waals surface area contributed by atoms with Gasteiger partial charge in [0.15, 0.2) is 0 Å². The molecule has 1 aromatic rings. The summed E-state index contributed by atoms with van der Waals surface area (Å²) >= 11 is 0. The van der Waals surface area contributed by atoms with Crippen LogP contribution in [0.4, 0.5) is 13.2 Å². The highest BCUT2D eigenvalue weighted by molar-refractivity contribution is 5.26. The molecule has 20 heavy (non-hydrogen) atoms. The normalized spacial score (nSPS) is 25.4. The summed E-state index contributed by atoms with van der Waals surface area (Å²) in [5.41, 5.74) is 2.20. The average Bonchev–Trinajstić information content (AvgIpc) is 2.40. The third kappa shape index (κ3) is 3.75. The summed E-state index contributed by atoms with van der Waals surface area (Å²) in [5.74, 6) is -1.18. The van der Waals surface area contributed by atoms with E-state index in [1.165, 1.54) is 0 Å². The maximum Gasteiger partial charge on any atom is 0.391 e. The molecule has 0 bridgehead atoms. The van der Waals surface area contributed by atoms with Crippen molar-refractivity contribution in [1.82, 2.24) is 0 Å². The number of halogens is 3. The molecule has 2 rings (SSSR count). The topological polar surface area (TPSA) is 20.2 Å². The Morgan fingerprint density at radius 3 is 2.30 bits per heavy atom. The van der Waals surface area contributed by atoms with Gasteiger partial charge in [0, 0.05) is 0 Å². The lowest BCUT2D eigenvalue weighted by molar-refractivity contribution is -0.185. The van der Waals surface area contributed by atoms with Gasteiger partial charge in [-0.3, -0.25) is 0 Å². The van der Waals surface area contributed by atoms with Crippen LogP contribution < -0.4 is 0 Å². The summed E-state index contributed by atoms with van der Waals surface area (Å²) in [5, 5.41) is 10.3. The van der Waals surface area contributed by atoms with E-state index in [4.69, 9.17) is 0 Å². The molecule has 112 valence electrons. The predicted octanol–water partition coefficient (Wildman–Crippen LogP) is 4.27. The molecule has 1 saturated carbocycles. The zero-order valence-corrected chi connectivity index (χ0v) is 11.7. The van der Waals surface area contributed by atoms with Gasteiger partial charge in [-0.1, -0.05) is 24.3 Å². The molecule has 0 spiro atoms. The number of aryl methyl sites for hydroxylation is 1. The fourth-order valence-corrected chi connectivity index (χ4v) is 3.06. The number of hydrogen-bond donors (Lipinski definition) is 1. The lowest BCUT2D eigenvalue weighted by Crippen LogP contribution is -2.32. The van der Waals surface area contributed by atoms with Crippen LogP contribution in [0.3, 0.4) is 0 Å². The van der Waals surface area contributed by atoms with E-state index in [1.54, 1.807) is 0 Å². The molecule has 0 aromatic heterocycles. The van der Waals surface area contributed by atoms with E-state index < -0.39 is 18.2 Å². The molecule has 1 aliphatic rings. The van der Waals surface area contributed by atoms with E-state index in [2.05, 4.69) is 0 Å². The number of aliphatic hydroxyl groups excluding tert-OH is 1. The number of benzene rings is 1. The number of alkyl halides is 3. The Morgan fingerprint density at radius 2 is 1.75 bits per heavy atom. The molecule has 0 heterocycles. The van der Waals surface area contributed by atoms with E-state index in [0.29, 0.717) is 19.3 Å². The van der Waals surface area contributed by atoms with Crippen LogP contribution in [0.15, 0.2) is 24.3 Å². The molecule has 0 amide bonds. The van der Waals surface area contributed by atoms with Crippen LogP contribution in [0.5, 0.6) is 0 Å². The van der Waals surface area contributed by atoms with Crippen molar-refractivity contribution in [3.8, 4) is 0 Å². The van der Waals surface area contributed by atoms with Crippen molar-refractivity contribution in [2.45, 2.75) is 51.3 Å². The molecule has 4 heteroatoms. The van der Waals surface area contributed by atoms with Gasteiger partial charge in [-0.15, -0.1) is 0 Å². The van der Waals surface area contributed by atoms with Crippen LogP contribution in [0.1, 0.15) is 36.8 Å². The zero-order chi connectivity index (χ0) is 14.8. The van der Waals surface area contributed by atoms with Crippen molar-refractivity contribution in [3.05, 3.63) is 35.4 Å². The van der Waals surface area contributed by atoms with E-state index in [-0.39, 0.29) is 18.8 Å². The maximum absolute atomic E-state index is 12.6. The number of rotatable bonds is 3. The Bertz CT molecular complexity index is 434. The molecule has 0 radical (unpaired) electrons. The summed E-state index contributed by atoms with van der Waals surface area (Å²) < 4.78 is 37.8. The molecule has 0 saturated heterocycles. The Balaban J connectivity index is 1.89. The van der Waals surface area contributed by atoms with Crippen LogP contribution >= 0.6 is 0 Å². The third-order valence-electron chi connectivity index (χ3n) is 4.47. The Hall–Kier alpha value is -1.03. The predicted molar refractivity (Wildman–Crippen MR) is 72.4 cm³/mol. The molecule has 1 unspecified atom stereocenters. The molecule has 1 aliphatic carbocycles. The summed E-state index contributed by atoms with van der Waals surface area (Å²) in [6, 6.07) is 7.83. The van der Waals surface area contributed by atoms with Crippen LogP contribution in [0, 0.1) is 18.8 Å². The van der Waals surface area contributed by atoms with Gasteiger partial charge in [0.1, 0.15) is 0 Å². The quantitative estimate of drug-likeness (QED) is 0.880. The smallest absolute Gasteiger partial charge is 0.391 e. The van der Waals surface area contributed by atoms with Crippen molar-refractivity contribution < 1.29 is 18.3 Å². The van der Waals surface area contributed by atoms with E-state index in [0.717, 1.165) is 11.1 Å². The van der Waals surface area contributed by atoms with Crippen LogP contribution in [-0.2, 0) is 6.42 Å². The zero-order valence-electron chi connectivity index (χ0n) is 11.7. The Morgan fingerprint density at radius 1 is 1.15 bits per heavy atom. The largest absolute Gasteiger partial charge is 0.392 e. The summed E-state index contributed by atoms with van der Waals surface area (Å²) in [4.78, 5) is 0. The third-order valence-corrected chi connectivity index (χ3v) is 4.47. The van der Waals surface area contributed by atoms with E-state index in [9.17, 15) is 18.3 Å². The fraction of sp³-hybridized carbons (Fsp3) is 0.625. The molecule has 0 aliphatic heterocycles. The van der Waals surface area contributed by atoms with E-state index in [1.807, 2.05) is 31.2 Å². The van der Waals surface area contributed by atoms with Crippen molar-refractivity contribution in [1.29, 1.82) is 0 Å². The fourth-order valence-electron chi connectivity index (χ4n) is 3.06. The lowest BCUT2D eigenvalue weighted by Gasteiger charge is -2.32. The highest BCUT2D eigenvalue weighted by Gasteiger charge is 2.42. The molecule has 1 fully saturated rings. The minimum absolute atomic E-state index is 0.00629. The highest BCUT2D eigenvalue weighted by Crippen LogP contribution is 2.40. The van der Waals surface area contributed by atoms with Crippen LogP contribution in [-0.4, -0.2) is 17.4 Å². The molecule has 1 N–H and O–H groups in total. The SMILES string of the molecule is Cc1ccccc1CC(O)C1CCC(C(F)(F)F)CC1. The minimum atomic E-state index is -4.08. The van der Waals surface area contributed by atoms with Crippen LogP contribution in [0.2, 0.25) is 0 Å². The monoisotopic (exact) mass is 286 g/mol. The lowest BCUT2D eigenvalue weighted by atomic mass is 9.77. The molecule has 1 nitrogen and oxygen atoms in total. The van der Waals surface area contributed by atoms with Crippen molar-refractivity contribution in [2.24, 2.45) is 11.8 Å². The minimum Gasteiger partial charge on any atom is -0.392 e. The van der Waals surface area contributed by atoms with Crippen molar-refractivity contribution in [3.63, 3.8) is 0 Å². The highest BCUT2D eigenvalue weighted by atomic mass is 19.4. The second-order valence-electron chi connectivity index (χ2n) is 5.85. The van der Waals surface area contributed by atoms with Gasteiger partial charge < -0.3 is 5.11 Å². The van der Waals surface area contributed by atoms with Gasteiger partial charge in [0.25, 0.3) is 0 Å². The number of hydrogen-bond acceptors (Lipinski definition) is 1. The second kappa shape index (κ2) is 6.17. The van der Waals surface area contributed by atoms with Crippen molar-refractivity contribution >= 4 is 0 Å². The maximum atomic E-state index is 12.6. The molecular formula is C16H21F3O. The van der Waals surface area contributed by atoms with Gasteiger partial charge >= 0.3 is 6.18 Å². The van der Waals surface area contributed by atoms with Crippen LogP contribution in [0.25, 0.3) is 0 Å². The Kier molecular flexibility index (Phi) is 4.74. The Labute approximate surface area is 117 Å². The average molecular weight is 286 g/mol. The molecule has 1 aromatic carbocycles. The van der Waals surface area contributed by atoms with Gasteiger partial charge in [-0.25, -0.2) is 0 Å². The first kappa shape index (κ1) is 15.4. The summed E-state index contributed by atoms with van der Waals surface area (Å²) in [7, 11) is 0.